The second-order valence-electron chi connectivity index (χ2n) is 3.88. The minimum Gasteiger partial charge on any atom is -0.391 e. The van der Waals surface area contributed by atoms with Gasteiger partial charge in [-0.3, -0.25) is 0 Å². The number of aliphatic hydroxyl groups excluding tert-OH is 1. The van der Waals surface area contributed by atoms with Crippen LogP contribution in [0.25, 0.3) is 11.4 Å². The number of nitrogens with zero attached hydrogens (tertiary/aromatic N) is 2. The predicted molar refractivity (Wildman–Crippen MR) is 68.4 cm³/mol. The molecule has 0 amide bonds. The van der Waals surface area contributed by atoms with E-state index in [0.717, 1.165) is 0 Å². The molecule has 0 bridgehead atoms. The summed E-state index contributed by atoms with van der Waals surface area (Å²) in [5.41, 5.74) is 6.32. The van der Waals surface area contributed by atoms with E-state index in [4.69, 9.17) is 33.5 Å². The van der Waals surface area contributed by atoms with Gasteiger partial charge in [-0.1, -0.05) is 28.4 Å². The fourth-order valence-corrected chi connectivity index (χ4v) is 1.90. The molecule has 3 N–H and O–H groups in total. The molecule has 1 aromatic heterocycles. The maximum absolute atomic E-state index is 9.35. The highest BCUT2D eigenvalue weighted by Gasteiger charge is 2.20. The van der Waals surface area contributed by atoms with Crippen molar-refractivity contribution in [3.05, 3.63) is 34.1 Å². The topological polar surface area (TPSA) is 85.2 Å². The van der Waals surface area contributed by atoms with Gasteiger partial charge in [-0.15, -0.1) is 0 Å². The van der Waals surface area contributed by atoms with Crippen molar-refractivity contribution >= 4 is 23.2 Å². The molecule has 0 aliphatic heterocycles. The highest BCUT2D eigenvalue weighted by atomic mass is 35.5. The first-order valence-corrected chi connectivity index (χ1v) is 5.96. The highest BCUT2D eigenvalue weighted by Crippen LogP contribution is 2.26. The number of aromatic nitrogens is 2. The molecule has 2 atom stereocenters. The molecular formula is C11H11Cl2N3O2. The zero-order valence-corrected chi connectivity index (χ0v) is 11.0. The molecule has 0 aliphatic carbocycles. The number of rotatable bonds is 3. The first-order valence-electron chi connectivity index (χ1n) is 5.21. The third kappa shape index (κ3) is 2.81. The lowest BCUT2D eigenvalue weighted by Gasteiger charge is -2.08. The number of hydrogen-bond donors (Lipinski definition) is 2. The van der Waals surface area contributed by atoms with Gasteiger partial charge < -0.3 is 15.4 Å². The predicted octanol–water partition coefficient (Wildman–Crippen LogP) is 2.42. The molecule has 0 radical (unpaired) electrons. The van der Waals surface area contributed by atoms with Crippen LogP contribution in [0.4, 0.5) is 0 Å². The van der Waals surface area contributed by atoms with E-state index >= 15 is 0 Å². The molecule has 18 heavy (non-hydrogen) atoms. The first kappa shape index (κ1) is 13.3. The Morgan fingerprint density at radius 3 is 2.44 bits per heavy atom. The van der Waals surface area contributed by atoms with Crippen molar-refractivity contribution in [2.24, 2.45) is 5.73 Å². The third-order valence-electron chi connectivity index (χ3n) is 2.37. The van der Waals surface area contributed by atoms with Crippen molar-refractivity contribution in [2.75, 3.05) is 0 Å². The largest absolute Gasteiger partial charge is 0.391 e. The Bertz CT molecular complexity index is 537. The summed E-state index contributed by atoms with van der Waals surface area (Å²) in [4.78, 5) is 4.10. The van der Waals surface area contributed by atoms with Crippen molar-refractivity contribution < 1.29 is 9.63 Å². The minimum atomic E-state index is -0.777. The standard InChI is InChI=1S/C11H11Cl2N3O2/c1-5(17)9(14)11-15-10(16-18-11)6-2-7(12)4-8(13)3-6/h2-5,9,17H,14H2,1H3. The smallest absolute Gasteiger partial charge is 0.246 e. The van der Waals surface area contributed by atoms with E-state index < -0.39 is 12.1 Å². The normalized spacial score (nSPS) is 14.5. The molecule has 2 rings (SSSR count). The molecule has 1 heterocycles. The molecule has 5 nitrogen and oxygen atoms in total. The van der Waals surface area contributed by atoms with Crippen molar-refractivity contribution in [2.45, 2.75) is 19.1 Å². The number of benzene rings is 1. The van der Waals surface area contributed by atoms with Crippen LogP contribution < -0.4 is 5.73 Å². The summed E-state index contributed by atoms with van der Waals surface area (Å²) < 4.78 is 4.99. The van der Waals surface area contributed by atoms with Gasteiger partial charge in [0.05, 0.1) is 6.10 Å². The SMILES string of the molecule is CC(O)C(N)c1nc(-c2cc(Cl)cc(Cl)c2)no1. The second-order valence-corrected chi connectivity index (χ2v) is 4.75. The Kier molecular flexibility index (Phi) is 3.87. The summed E-state index contributed by atoms with van der Waals surface area (Å²) in [5.74, 6) is 0.488. The van der Waals surface area contributed by atoms with Gasteiger partial charge in [0.25, 0.3) is 0 Å². The van der Waals surface area contributed by atoms with E-state index in [1.807, 2.05) is 0 Å². The van der Waals surface area contributed by atoms with Crippen LogP contribution in [0.2, 0.25) is 10.0 Å². The zero-order chi connectivity index (χ0) is 13.3. The molecule has 2 aromatic rings. The van der Waals surface area contributed by atoms with Crippen LogP contribution in [0.1, 0.15) is 18.9 Å². The lowest BCUT2D eigenvalue weighted by molar-refractivity contribution is 0.146. The molecule has 0 spiro atoms. The Hall–Kier alpha value is -1.14. The zero-order valence-electron chi connectivity index (χ0n) is 9.47. The first-order chi connectivity index (χ1) is 8.47. The van der Waals surface area contributed by atoms with E-state index in [1.54, 1.807) is 25.1 Å². The van der Waals surface area contributed by atoms with Gasteiger partial charge in [-0.05, 0) is 25.1 Å². The molecule has 0 aliphatic rings. The number of nitrogens with two attached hydrogens (primary N) is 1. The monoisotopic (exact) mass is 287 g/mol. The number of aliphatic hydroxyl groups is 1. The quantitative estimate of drug-likeness (QED) is 0.906. The van der Waals surface area contributed by atoms with E-state index in [0.29, 0.717) is 21.4 Å². The van der Waals surface area contributed by atoms with E-state index in [1.165, 1.54) is 0 Å². The van der Waals surface area contributed by atoms with Crippen LogP contribution >= 0.6 is 23.2 Å². The van der Waals surface area contributed by atoms with Gasteiger partial charge in [0.1, 0.15) is 6.04 Å². The van der Waals surface area contributed by atoms with Crippen LogP contribution in [0, 0.1) is 0 Å². The summed E-state index contributed by atoms with van der Waals surface area (Å²) >= 11 is 11.8. The average molecular weight is 288 g/mol. The van der Waals surface area contributed by atoms with Gasteiger partial charge in [-0.25, -0.2) is 0 Å². The number of halogens is 2. The fraction of sp³-hybridized carbons (Fsp3) is 0.273. The van der Waals surface area contributed by atoms with Crippen molar-refractivity contribution in [3.63, 3.8) is 0 Å². The van der Waals surface area contributed by atoms with Crippen molar-refractivity contribution in [1.82, 2.24) is 10.1 Å². The average Bonchev–Trinajstić information content (AvgIpc) is 2.75. The molecule has 1 aromatic carbocycles. The van der Waals surface area contributed by atoms with Crippen LogP contribution in [0.15, 0.2) is 22.7 Å². The molecule has 2 unspecified atom stereocenters. The van der Waals surface area contributed by atoms with E-state index in [-0.39, 0.29) is 5.89 Å². The molecule has 96 valence electrons. The van der Waals surface area contributed by atoms with Gasteiger partial charge in [0.2, 0.25) is 11.7 Å². The lowest BCUT2D eigenvalue weighted by atomic mass is 10.2. The van der Waals surface area contributed by atoms with Crippen LogP contribution in [0.3, 0.4) is 0 Å². The fourth-order valence-electron chi connectivity index (χ4n) is 1.38. The molecule has 0 saturated heterocycles. The second kappa shape index (κ2) is 5.24. The Morgan fingerprint density at radius 2 is 1.89 bits per heavy atom. The number of hydrogen-bond acceptors (Lipinski definition) is 5. The van der Waals surface area contributed by atoms with E-state index in [2.05, 4.69) is 10.1 Å². The van der Waals surface area contributed by atoms with Crippen molar-refractivity contribution in [1.29, 1.82) is 0 Å². The lowest BCUT2D eigenvalue weighted by Crippen LogP contribution is -2.23. The summed E-state index contributed by atoms with van der Waals surface area (Å²) in [6.45, 7) is 1.55. The Labute approximate surface area is 114 Å². The van der Waals surface area contributed by atoms with Crippen LogP contribution in [0.5, 0.6) is 0 Å². The highest BCUT2D eigenvalue weighted by molar-refractivity contribution is 6.35. The van der Waals surface area contributed by atoms with Crippen molar-refractivity contribution in [3.8, 4) is 11.4 Å². The van der Waals surface area contributed by atoms with Gasteiger partial charge >= 0.3 is 0 Å². The molecule has 0 saturated carbocycles. The van der Waals surface area contributed by atoms with Gasteiger partial charge in [-0.2, -0.15) is 4.98 Å². The Balaban J connectivity index is 2.35. The molecule has 7 heteroatoms. The third-order valence-corrected chi connectivity index (χ3v) is 2.80. The van der Waals surface area contributed by atoms with E-state index in [9.17, 15) is 5.11 Å². The maximum Gasteiger partial charge on any atom is 0.246 e. The van der Waals surface area contributed by atoms with Crippen LogP contribution in [-0.2, 0) is 0 Å². The van der Waals surface area contributed by atoms with Gasteiger partial charge in [0, 0.05) is 15.6 Å². The van der Waals surface area contributed by atoms with Gasteiger partial charge in [0.15, 0.2) is 0 Å². The summed E-state index contributed by atoms with van der Waals surface area (Å²) in [7, 11) is 0. The molecule has 0 fully saturated rings. The van der Waals surface area contributed by atoms with Crippen LogP contribution in [-0.4, -0.2) is 21.4 Å². The molecular weight excluding hydrogens is 277 g/mol. The summed E-state index contributed by atoms with van der Waals surface area (Å²) in [5, 5.41) is 14.1. The maximum atomic E-state index is 9.35. The summed E-state index contributed by atoms with van der Waals surface area (Å²) in [6, 6.07) is 4.21. The summed E-state index contributed by atoms with van der Waals surface area (Å²) in [6.07, 6.45) is -0.777. The Morgan fingerprint density at radius 1 is 1.28 bits per heavy atom. The minimum absolute atomic E-state index is 0.163.